The zero-order valence-corrected chi connectivity index (χ0v) is 17.8. The highest BCUT2D eigenvalue weighted by atomic mass is 19.4. The zero-order chi connectivity index (χ0) is 24.3. The average molecular weight is 462 g/mol. The van der Waals surface area contributed by atoms with E-state index < -0.39 is 48.1 Å². The normalized spacial score (nSPS) is 14.3. The smallest absolute Gasteiger partial charge is 0.416 e. The highest BCUT2D eigenvalue weighted by Crippen LogP contribution is 2.31. The van der Waals surface area contributed by atoms with Gasteiger partial charge in [-0.1, -0.05) is 32.0 Å². The minimum atomic E-state index is -4.58. The van der Waals surface area contributed by atoms with Crippen molar-refractivity contribution in [2.75, 3.05) is 11.9 Å². The number of fused-ring (bicyclic) bond motifs is 1. The maximum Gasteiger partial charge on any atom is 0.416 e. The molecule has 1 N–H and O–H groups in total. The van der Waals surface area contributed by atoms with E-state index in [0.29, 0.717) is 0 Å². The fourth-order valence-corrected chi connectivity index (χ4v) is 3.45. The molecular weight excluding hydrogens is 441 g/mol. The van der Waals surface area contributed by atoms with Crippen molar-refractivity contribution in [2.24, 2.45) is 5.92 Å². The number of rotatable bonds is 7. The lowest BCUT2D eigenvalue weighted by atomic mass is 10.0. The van der Waals surface area contributed by atoms with Crippen LogP contribution in [-0.4, -0.2) is 41.2 Å². The SMILES string of the molecule is CC(C)C[C@@H](C(=O)OCC(=O)Nc1cccc(C(F)(F)F)c1)N1C(=O)c2ccccc2C1=O. The van der Waals surface area contributed by atoms with Crippen LogP contribution in [0.4, 0.5) is 18.9 Å². The Balaban J connectivity index is 1.69. The zero-order valence-electron chi connectivity index (χ0n) is 17.8. The van der Waals surface area contributed by atoms with Gasteiger partial charge in [-0.05, 0) is 42.7 Å². The van der Waals surface area contributed by atoms with Gasteiger partial charge in [0.05, 0.1) is 16.7 Å². The Bertz CT molecular complexity index is 1060. The predicted molar refractivity (Wildman–Crippen MR) is 111 cm³/mol. The van der Waals surface area contributed by atoms with E-state index in [2.05, 4.69) is 5.32 Å². The molecule has 1 heterocycles. The van der Waals surface area contributed by atoms with Crippen molar-refractivity contribution in [3.63, 3.8) is 0 Å². The first kappa shape index (κ1) is 24.0. The Morgan fingerprint density at radius 2 is 1.61 bits per heavy atom. The van der Waals surface area contributed by atoms with Gasteiger partial charge in [-0.15, -0.1) is 0 Å². The van der Waals surface area contributed by atoms with Crippen LogP contribution in [0.5, 0.6) is 0 Å². The Kier molecular flexibility index (Phi) is 6.85. The number of hydrogen-bond acceptors (Lipinski definition) is 5. The summed E-state index contributed by atoms with van der Waals surface area (Å²) >= 11 is 0. The number of halogens is 3. The molecule has 33 heavy (non-hydrogen) atoms. The van der Waals surface area contributed by atoms with Crippen molar-refractivity contribution < 1.29 is 37.1 Å². The number of carbonyl (C=O) groups excluding carboxylic acids is 4. The van der Waals surface area contributed by atoms with Gasteiger partial charge in [-0.25, -0.2) is 4.79 Å². The van der Waals surface area contributed by atoms with Crippen LogP contribution in [-0.2, 0) is 20.5 Å². The molecule has 0 fully saturated rings. The second-order valence-electron chi connectivity index (χ2n) is 7.91. The largest absolute Gasteiger partial charge is 0.454 e. The number of benzene rings is 2. The standard InChI is InChI=1S/C23H21F3N2O5/c1-13(2)10-18(28-20(30)16-8-3-4-9-17(16)21(28)31)22(32)33-12-19(29)27-15-7-5-6-14(11-15)23(24,25)26/h3-9,11,13,18H,10,12H2,1-2H3,(H,27,29)/t18-/m0/s1. The fourth-order valence-electron chi connectivity index (χ4n) is 3.45. The highest BCUT2D eigenvalue weighted by Gasteiger charge is 2.43. The maximum absolute atomic E-state index is 12.8. The van der Waals surface area contributed by atoms with Gasteiger partial charge in [0.25, 0.3) is 17.7 Å². The van der Waals surface area contributed by atoms with Crippen molar-refractivity contribution in [1.82, 2.24) is 4.90 Å². The topological polar surface area (TPSA) is 92.8 Å². The van der Waals surface area contributed by atoms with E-state index in [1.807, 2.05) is 0 Å². The molecule has 0 unspecified atom stereocenters. The summed E-state index contributed by atoms with van der Waals surface area (Å²) in [5, 5.41) is 2.23. The molecule has 0 bridgehead atoms. The van der Waals surface area contributed by atoms with E-state index in [1.54, 1.807) is 26.0 Å². The molecular formula is C23H21F3N2O5. The summed E-state index contributed by atoms with van der Waals surface area (Å²) < 4.78 is 43.5. The minimum absolute atomic E-state index is 0.0919. The van der Waals surface area contributed by atoms with Crippen LogP contribution < -0.4 is 5.32 Å². The summed E-state index contributed by atoms with van der Waals surface area (Å²) in [4.78, 5) is 51.2. The summed E-state index contributed by atoms with van der Waals surface area (Å²) in [5.41, 5.74) is -0.720. The molecule has 3 amide bonds. The van der Waals surface area contributed by atoms with Gasteiger partial charge in [-0.3, -0.25) is 19.3 Å². The lowest BCUT2D eigenvalue weighted by Gasteiger charge is -2.25. The van der Waals surface area contributed by atoms with Crippen LogP contribution in [0.2, 0.25) is 0 Å². The molecule has 2 aromatic rings. The molecule has 10 heteroatoms. The van der Waals surface area contributed by atoms with Crippen LogP contribution in [0, 0.1) is 5.92 Å². The molecule has 0 saturated carbocycles. The number of carbonyl (C=O) groups is 4. The molecule has 1 aliphatic rings. The molecule has 0 saturated heterocycles. The third kappa shape index (κ3) is 5.39. The average Bonchev–Trinajstić information content (AvgIpc) is 3.00. The number of ether oxygens (including phenoxy) is 1. The molecule has 1 aliphatic heterocycles. The van der Waals surface area contributed by atoms with E-state index in [9.17, 15) is 32.3 Å². The summed E-state index contributed by atoms with van der Waals surface area (Å²) in [5.74, 6) is -3.19. The molecule has 0 spiro atoms. The summed E-state index contributed by atoms with van der Waals surface area (Å²) in [6.45, 7) is 2.78. The third-order valence-electron chi connectivity index (χ3n) is 4.92. The van der Waals surface area contributed by atoms with Gasteiger partial charge >= 0.3 is 12.1 Å². The van der Waals surface area contributed by atoms with E-state index in [-0.39, 0.29) is 29.2 Å². The van der Waals surface area contributed by atoms with Crippen molar-refractivity contribution in [2.45, 2.75) is 32.5 Å². The maximum atomic E-state index is 12.8. The molecule has 0 aromatic heterocycles. The minimum Gasteiger partial charge on any atom is -0.454 e. The molecule has 174 valence electrons. The van der Waals surface area contributed by atoms with Gasteiger partial charge in [0, 0.05) is 5.69 Å². The van der Waals surface area contributed by atoms with Crippen molar-refractivity contribution >= 4 is 29.4 Å². The monoisotopic (exact) mass is 462 g/mol. The van der Waals surface area contributed by atoms with Gasteiger partial charge < -0.3 is 10.1 Å². The molecule has 2 aromatic carbocycles. The quantitative estimate of drug-likeness (QED) is 0.498. The van der Waals surface area contributed by atoms with E-state index in [1.165, 1.54) is 18.2 Å². The first-order valence-corrected chi connectivity index (χ1v) is 10.1. The number of imide groups is 1. The number of nitrogens with one attached hydrogen (secondary N) is 1. The third-order valence-corrected chi connectivity index (χ3v) is 4.92. The van der Waals surface area contributed by atoms with Crippen molar-refractivity contribution in [3.8, 4) is 0 Å². The number of alkyl halides is 3. The summed E-state index contributed by atoms with van der Waals surface area (Å²) in [7, 11) is 0. The molecule has 0 aliphatic carbocycles. The number of esters is 1. The van der Waals surface area contributed by atoms with Crippen LogP contribution in [0.15, 0.2) is 48.5 Å². The Morgan fingerprint density at radius 3 is 2.15 bits per heavy atom. The first-order valence-electron chi connectivity index (χ1n) is 10.1. The highest BCUT2D eigenvalue weighted by molar-refractivity contribution is 6.22. The number of amides is 3. The Morgan fingerprint density at radius 1 is 1.00 bits per heavy atom. The summed E-state index contributed by atoms with van der Waals surface area (Å²) in [6, 6.07) is 8.91. The molecule has 1 atom stereocenters. The van der Waals surface area contributed by atoms with Gasteiger partial charge in [-0.2, -0.15) is 13.2 Å². The number of hydrogen-bond donors (Lipinski definition) is 1. The van der Waals surface area contributed by atoms with E-state index in [4.69, 9.17) is 4.74 Å². The lowest BCUT2D eigenvalue weighted by molar-refractivity contribution is -0.151. The van der Waals surface area contributed by atoms with Crippen LogP contribution in [0.3, 0.4) is 0 Å². The van der Waals surface area contributed by atoms with Gasteiger partial charge in [0.1, 0.15) is 6.04 Å². The van der Waals surface area contributed by atoms with E-state index >= 15 is 0 Å². The second kappa shape index (κ2) is 9.43. The second-order valence-corrected chi connectivity index (χ2v) is 7.91. The van der Waals surface area contributed by atoms with E-state index in [0.717, 1.165) is 23.1 Å². The number of anilines is 1. The van der Waals surface area contributed by atoms with Crippen molar-refractivity contribution in [1.29, 1.82) is 0 Å². The number of nitrogens with zero attached hydrogens (tertiary/aromatic N) is 1. The van der Waals surface area contributed by atoms with Crippen LogP contribution in [0.1, 0.15) is 46.5 Å². The van der Waals surface area contributed by atoms with Crippen molar-refractivity contribution in [3.05, 3.63) is 65.2 Å². The van der Waals surface area contributed by atoms with Crippen LogP contribution >= 0.6 is 0 Å². The first-order chi connectivity index (χ1) is 15.5. The Labute approximate surface area is 187 Å². The lowest BCUT2D eigenvalue weighted by Crippen LogP contribution is -2.46. The fraction of sp³-hybridized carbons (Fsp3) is 0.304. The van der Waals surface area contributed by atoms with Crippen LogP contribution in [0.25, 0.3) is 0 Å². The molecule has 7 nitrogen and oxygen atoms in total. The molecule has 3 rings (SSSR count). The molecule has 0 radical (unpaired) electrons. The Hall–Kier alpha value is -3.69. The summed E-state index contributed by atoms with van der Waals surface area (Å²) in [6.07, 6.45) is -4.47. The van der Waals surface area contributed by atoms with Gasteiger partial charge in [0.15, 0.2) is 6.61 Å². The predicted octanol–water partition coefficient (Wildman–Crippen LogP) is 3.90. The van der Waals surface area contributed by atoms with Gasteiger partial charge in [0.2, 0.25) is 0 Å².